The summed E-state index contributed by atoms with van der Waals surface area (Å²) < 4.78 is 7.64. The number of aromatic nitrogens is 1. The number of anilines is 1. The van der Waals surface area contributed by atoms with Crippen molar-refractivity contribution in [3.8, 4) is 0 Å². The molecule has 0 aliphatic heterocycles. The summed E-state index contributed by atoms with van der Waals surface area (Å²) in [6, 6.07) is 7.93. The quantitative estimate of drug-likeness (QED) is 0.639. The van der Waals surface area contributed by atoms with E-state index in [4.69, 9.17) is 7.10 Å². The van der Waals surface area contributed by atoms with Crippen molar-refractivity contribution in [3.63, 3.8) is 0 Å². The molecule has 1 aromatic carbocycles. The van der Waals surface area contributed by atoms with Crippen LogP contribution in [0.4, 0.5) is 5.69 Å². The highest BCUT2D eigenvalue weighted by Gasteiger charge is 1.97. The summed E-state index contributed by atoms with van der Waals surface area (Å²) in [7, 11) is 0. The standard InChI is InChI=1S/C10H10N2/c1-7-6-9(11)8-4-2-3-5-10(8)12-7/h2-6H,1H3,(H2,11,12)/i6D. The van der Waals surface area contributed by atoms with Crippen LogP contribution in [0.5, 0.6) is 0 Å². The van der Waals surface area contributed by atoms with Crippen LogP contribution in [0.3, 0.4) is 0 Å². The highest BCUT2D eigenvalue weighted by atomic mass is 14.7. The Morgan fingerprint density at radius 3 is 3.00 bits per heavy atom. The van der Waals surface area contributed by atoms with E-state index in [1.807, 2.05) is 24.3 Å². The zero-order valence-electron chi connectivity index (χ0n) is 7.83. The van der Waals surface area contributed by atoms with E-state index < -0.39 is 0 Å². The average molecular weight is 159 g/mol. The second kappa shape index (κ2) is 2.48. The average Bonchev–Trinajstić information content (AvgIpc) is 2.15. The van der Waals surface area contributed by atoms with Crippen molar-refractivity contribution in [1.82, 2.24) is 4.98 Å². The van der Waals surface area contributed by atoms with Gasteiger partial charge in [0.1, 0.15) is 0 Å². The Morgan fingerprint density at radius 1 is 1.42 bits per heavy atom. The van der Waals surface area contributed by atoms with Crippen molar-refractivity contribution < 1.29 is 1.37 Å². The third-order valence-corrected chi connectivity index (χ3v) is 1.80. The number of hydrogen-bond donors (Lipinski definition) is 1. The molecule has 0 amide bonds. The second-order valence-corrected chi connectivity index (χ2v) is 2.75. The molecular formula is C10H10N2. The zero-order chi connectivity index (χ0) is 9.42. The number of nitrogens with zero attached hydrogens (tertiary/aromatic N) is 1. The van der Waals surface area contributed by atoms with Crippen LogP contribution in [0, 0.1) is 6.92 Å². The summed E-state index contributed by atoms with van der Waals surface area (Å²) in [5.74, 6) is 0. The summed E-state index contributed by atoms with van der Waals surface area (Å²) in [5, 5.41) is 0.859. The number of nitrogens with two attached hydrogens (primary N) is 1. The van der Waals surface area contributed by atoms with Gasteiger partial charge >= 0.3 is 0 Å². The lowest BCUT2D eigenvalue weighted by Gasteiger charge is -2.01. The Hall–Kier alpha value is -1.57. The van der Waals surface area contributed by atoms with E-state index in [-0.39, 0.29) is 0 Å². The summed E-state index contributed by atoms with van der Waals surface area (Å²) >= 11 is 0. The SMILES string of the molecule is [2H]c1c(C)nc2ccccc2c1N. The van der Waals surface area contributed by atoms with Gasteiger partial charge in [-0.15, -0.1) is 0 Å². The molecule has 0 unspecified atom stereocenters. The maximum atomic E-state index is 7.64. The topological polar surface area (TPSA) is 38.9 Å². The normalized spacial score (nSPS) is 11.6. The van der Waals surface area contributed by atoms with Gasteiger partial charge < -0.3 is 5.73 Å². The van der Waals surface area contributed by atoms with Crippen molar-refractivity contribution in [2.45, 2.75) is 6.92 Å². The minimum Gasteiger partial charge on any atom is -0.398 e. The van der Waals surface area contributed by atoms with Crippen LogP contribution in [0.1, 0.15) is 7.06 Å². The molecule has 1 aromatic heterocycles. The molecule has 0 aliphatic carbocycles. The van der Waals surface area contributed by atoms with Gasteiger partial charge in [-0.1, -0.05) is 18.2 Å². The molecule has 0 saturated carbocycles. The summed E-state index contributed by atoms with van der Waals surface area (Å²) in [6.07, 6.45) is 0. The van der Waals surface area contributed by atoms with E-state index >= 15 is 0 Å². The predicted octanol–water partition coefficient (Wildman–Crippen LogP) is 2.13. The molecule has 2 rings (SSSR count). The highest BCUT2D eigenvalue weighted by molar-refractivity contribution is 5.89. The van der Waals surface area contributed by atoms with Crippen molar-refractivity contribution in [3.05, 3.63) is 36.0 Å². The van der Waals surface area contributed by atoms with Crippen LogP contribution in [0.15, 0.2) is 30.3 Å². The summed E-state index contributed by atoms with van der Waals surface area (Å²) in [6.45, 7) is 1.80. The molecule has 1 heterocycles. The van der Waals surface area contributed by atoms with Crippen LogP contribution in [-0.4, -0.2) is 4.98 Å². The lowest BCUT2D eigenvalue weighted by atomic mass is 10.2. The number of rotatable bonds is 0. The fourth-order valence-electron chi connectivity index (χ4n) is 1.27. The number of hydrogen-bond acceptors (Lipinski definition) is 2. The number of para-hydroxylation sites is 1. The van der Waals surface area contributed by atoms with Crippen LogP contribution in [0.25, 0.3) is 10.9 Å². The Balaban J connectivity index is 2.94. The molecule has 2 N–H and O–H groups in total. The minimum atomic E-state index is 0.332. The molecular weight excluding hydrogens is 148 g/mol. The molecule has 0 aliphatic rings. The third-order valence-electron chi connectivity index (χ3n) is 1.80. The van der Waals surface area contributed by atoms with Crippen molar-refractivity contribution >= 4 is 16.6 Å². The molecule has 60 valence electrons. The van der Waals surface area contributed by atoms with Gasteiger partial charge in [-0.2, -0.15) is 0 Å². The molecule has 0 bridgehead atoms. The molecule has 2 heteroatoms. The number of nitrogen functional groups attached to an aromatic ring is 1. The Morgan fingerprint density at radius 2 is 2.17 bits per heavy atom. The van der Waals surface area contributed by atoms with Crippen molar-refractivity contribution in [1.29, 1.82) is 0 Å². The van der Waals surface area contributed by atoms with E-state index in [0.717, 1.165) is 10.9 Å². The van der Waals surface area contributed by atoms with Crippen LogP contribution in [0.2, 0.25) is 0 Å². The first-order chi connectivity index (χ1) is 6.20. The Kier molecular flexibility index (Phi) is 1.24. The van der Waals surface area contributed by atoms with Crippen LogP contribution >= 0.6 is 0 Å². The van der Waals surface area contributed by atoms with Gasteiger partial charge in [0.15, 0.2) is 0 Å². The summed E-state index contributed by atoms with van der Waals surface area (Å²) in [4.78, 5) is 4.27. The maximum absolute atomic E-state index is 7.64. The fraction of sp³-hybridized carbons (Fsp3) is 0.100. The predicted molar refractivity (Wildman–Crippen MR) is 50.9 cm³/mol. The van der Waals surface area contributed by atoms with Gasteiger partial charge in [-0.05, 0) is 19.0 Å². The molecule has 0 fully saturated rings. The fourth-order valence-corrected chi connectivity index (χ4v) is 1.27. The van der Waals surface area contributed by atoms with E-state index in [9.17, 15) is 0 Å². The number of aryl methyl sites for hydroxylation is 1. The number of pyridine rings is 1. The number of fused-ring (bicyclic) bond motifs is 1. The third kappa shape index (κ3) is 1.01. The zero-order valence-corrected chi connectivity index (χ0v) is 6.83. The van der Waals surface area contributed by atoms with Gasteiger partial charge in [0.2, 0.25) is 0 Å². The second-order valence-electron chi connectivity index (χ2n) is 2.75. The maximum Gasteiger partial charge on any atom is 0.0725 e. The van der Waals surface area contributed by atoms with Crippen molar-refractivity contribution in [2.75, 3.05) is 5.73 Å². The minimum absolute atomic E-state index is 0.332. The molecule has 12 heavy (non-hydrogen) atoms. The van der Waals surface area contributed by atoms with E-state index in [0.29, 0.717) is 17.4 Å². The van der Waals surface area contributed by atoms with Gasteiger partial charge in [0, 0.05) is 16.8 Å². The van der Waals surface area contributed by atoms with Crippen LogP contribution in [-0.2, 0) is 0 Å². The lowest BCUT2D eigenvalue weighted by Crippen LogP contribution is -1.91. The van der Waals surface area contributed by atoms with Crippen molar-refractivity contribution in [2.24, 2.45) is 0 Å². The Labute approximate surface area is 72.4 Å². The molecule has 0 radical (unpaired) electrons. The molecule has 0 spiro atoms. The molecule has 0 saturated heterocycles. The Bertz CT molecular complexity index is 466. The monoisotopic (exact) mass is 159 g/mol. The largest absolute Gasteiger partial charge is 0.398 e. The lowest BCUT2D eigenvalue weighted by molar-refractivity contribution is 1.26. The number of benzene rings is 1. The highest BCUT2D eigenvalue weighted by Crippen LogP contribution is 2.19. The van der Waals surface area contributed by atoms with Gasteiger partial charge in [0.25, 0.3) is 0 Å². The molecule has 0 atom stereocenters. The molecule has 2 aromatic rings. The summed E-state index contributed by atoms with van der Waals surface area (Å²) in [5.41, 5.74) is 7.84. The van der Waals surface area contributed by atoms with Gasteiger partial charge in [0.05, 0.1) is 6.89 Å². The van der Waals surface area contributed by atoms with E-state index in [1.54, 1.807) is 6.92 Å². The first kappa shape index (κ1) is 6.00. The smallest absolute Gasteiger partial charge is 0.0725 e. The van der Waals surface area contributed by atoms with E-state index in [1.165, 1.54) is 0 Å². The van der Waals surface area contributed by atoms with Gasteiger partial charge in [-0.3, -0.25) is 4.98 Å². The van der Waals surface area contributed by atoms with E-state index in [2.05, 4.69) is 4.98 Å². The van der Waals surface area contributed by atoms with Gasteiger partial charge in [-0.25, -0.2) is 0 Å². The van der Waals surface area contributed by atoms with Crippen LogP contribution < -0.4 is 5.73 Å². The first-order valence-corrected chi connectivity index (χ1v) is 3.81. The first-order valence-electron chi connectivity index (χ1n) is 4.31. The molecule has 2 nitrogen and oxygen atoms in total.